The number of hydrogen-bond donors (Lipinski definition) is 5. The number of carbonyl (C=O) groups excluding carboxylic acids is 4. The molecule has 12 nitrogen and oxygen atoms in total. The molecule has 0 saturated carbocycles. The highest BCUT2D eigenvalue weighted by Crippen LogP contribution is 2.11. The van der Waals surface area contributed by atoms with E-state index >= 15 is 0 Å². The van der Waals surface area contributed by atoms with Crippen molar-refractivity contribution < 1.29 is 38.6 Å². The Hall–Kier alpha value is -3.45. The van der Waals surface area contributed by atoms with Gasteiger partial charge in [0.1, 0.15) is 18.7 Å². The van der Waals surface area contributed by atoms with Crippen LogP contribution in [-0.2, 0) is 35.3 Å². The third-order valence-electron chi connectivity index (χ3n) is 4.85. The van der Waals surface area contributed by atoms with E-state index in [2.05, 4.69) is 48.5 Å². The van der Waals surface area contributed by atoms with Crippen molar-refractivity contribution in [2.24, 2.45) is 5.92 Å². The molecule has 1 aromatic carbocycles. The Morgan fingerprint density at radius 3 is 2.22 bits per heavy atom. The Balaban J connectivity index is 2.47. The zero-order valence-corrected chi connectivity index (χ0v) is 22.6. The van der Waals surface area contributed by atoms with Crippen LogP contribution in [0.1, 0.15) is 32.8 Å². The molecule has 4 amide bonds. The summed E-state index contributed by atoms with van der Waals surface area (Å²) in [6, 6.07) is 4.62. The minimum absolute atomic E-state index is 0.0130. The summed E-state index contributed by atoms with van der Waals surface area (Å²) in [6.45, 7) is 8.94. The molecule has 0 aromatic heterocycles. The van der Waals surface area contributed by atoms with Gasteiger partial charge >= 0.3 is 6.16 Å². The topological polar surface area (TPSA) is 172 Å². The van der Waals surface area contributed by atoms with Crippen LogP contribution >= 0.6 is 15.9 Å². The van der Waals surface area contributed by atoms with E-state index in [9.17, 15) is 24.0 Å². The van der Waals surface area contributed by atoms with E-state index in [1.165, 1.54) is 6.92 Å². The number of nitrogens with one attached hydrogen (secondary N) is 4. The summed E-state index contributed by atoms with van der Waals surface area (Å²) in [6.07, 6.45) is -1.37. The van der Waals surface area contributed by atoms with Gasteiger partial charge in [-0.1, -0.05) is 32.6 Å². The molecule has 0 bridgehead atoms. The van der Waals surface area contributed by atoms with Gasteiger partial charge < -0.3 is 35.8 Å². The van der Waals surface area contributed by atoms with Crippen LogP contribution in [0.5, 0.6) is 0 Å². The molecule has 5 N–H and O–H groups in total. The predicted molar refractivity (Wildman–Crippen MR) is 139 cm³/mol. The Labute approximate surface area is 223 Å². The summed E-state index contributed by atoms with van der Waals surface area (Å²) in [7, 11) is 0. The predicted octanol–water partition coefficient (Wildman–Crippen LogP) is 1.90. The highest BCUT2D eigenvalue weighted by atomic mass is 79.9. The fraction of sp³-hybridized carbons (Fsp3) is 0.458. The molecule has 0 unspecified atom stereocenters. The number of amides is 4. The van der Waals surface area contributed by atoms with E-state index in [-0.39, 0.29) is 49.1 Å². The number of carbonyl (C=O) groups is 5. The Kier molecular flexibility index (Phi) is 13.9. The number of ether oxygens (including phenoxy) is 2. The molecular weight excluding hydrogens is 552 g/mol. The fourth-order valence-corrected chi connectivity index (χ4v) is 2.97. The monoisotopic (exact) mass is 584 g/mol. The smallest absolute Gasteiger partial charge is 0.450 e. The summed E-state index contributed by atoms with van der Waals surface area (Å²) < 4.78 is 10.00. The van der Waals surface area contributed by atoms with Gasteiger partial charge in [-0.2, -0.15) is 0 Å². The normalized spacial score (nSPS) is 12.1. The largest absolute Gasteiger partial charge is 0.506 e. The molecule has 0 fully saturated rings. The maximum atomic E-state index is 12.7. The van der Waals surface area contributed by atoms with Crippen LogP contribution < -0.4 is 21.3 Å². The second-order valence-corrected chi connectivity index (χ2v) is 9.24. The zero-order valence-electron chi connectivity index (χ0n) is 21.0. The van der Waals surface area contributed by atoms with E-state index in [1.807, 2.05) is 0 Å². The average molecular weight is 585 g/mol. The fourth-order valence-electron chi connectivity index (χ4n) is 2.83. The van der Waals surface area contributed by atoms with Crippen molar-refractivity contribution in [2.45, 2.75) is 45.9 Å². The molecule has 13 heteroatoms. The number of hydrogen-bond acceptors (Lipinski definition) is 7. The van der Waals surface area contributed by atoms with E-state index in [4.69, 9.17) is 9.84 Å². The lowest BCUT2D eigenvalue weighted by Crippen LogP contribution is -2.53. The SMILES string of the molecule is C=C(Br)C(=O)NCCOCCC(=O)N[C@H](C(=O)N[C@@H](C)C(=O)Nc1ccc(COC(=O)O)cc1)C(C)C. The molecule has 37 heavy (non-hydrogen) atoms. The van der Waals surface area contributed by atoms with Crippen LogP contribution in [-0.4, -0.2) is 66.7 Å². The molecule has 0 radical (unpaired) electrons. The van der Waals surface area contributed by atoms with Gasteiger partial charge in [-0.05, 0) is 46.5 Å². The number of halogens is 1. The van der Waals surface area contributed by atoms with Crippen LogP contribution in [0.4, 0.5) is 10.5 Å². The van der Waals surface area contributed by atoms with Gasteiger partial charge in [0.05, 0.1) is 17.7 Å². The third-order valence-corrected chi connectivity index (χ3v) is 5.21. The van der Waals surface area contributed by atoms with Gasteiger partial charge in [-0.25, -0.2) is 4.79 Å². The van der Waals surface area contributed by atoms with Gasteiger partial charge in [0.2, 0.25) is 17.7 Å². The van der Waals surface area contributed by atoms with Crippen molar-refractivity contribution in [2.75, 3.05) is 25.1 Å². The molecule has 1 aromatic rings. The van der Waals surface area contributed by atoms with Gasteiger partial charge in [-0.15, -0.1) is 0 Å². The zero-order chi connectivity index (χ0) is 28.0. The first-order valence-electron chi connectivity index (χ1n) is 11.5. The van der Waals surface area contributed by atoms with Crippen molar-refractivity contribution >= 4 is 51.4 Å². The maximum Gasteiger partial charge on any atom is 0.506 e. The molecule has 2 atom stereocenters. The molecular formula is C24H33BrN4O8. The summed E-state index contributed by atoms with van der Waals surface area (Å²) in [5.41, 5.74) is 1.06. The van der Waals surface area contributed by atoms with Crippen molar-refractivity contribution in [3.8, 4) is 0 Å². The van der Waals surface area contributed by atoms with Crippen LogP contribution in [0.2, 0.25) is 0 Å². The second kappa shape index (κ2) is 16.3. The first kappa shape index (κ1) is 31.6. The van der Waals surface area contributed by atoms with Crippen LogP contribution in [0.3, 0.4) is 0 Å². The summed E-state index contributed by atoms with van der Waals surface area (Å²) in [5.74, 6) is -1.97. The average Bonchev–Trinajstić information content (AvgIpc) is 2.83. The summed E-state index contributed by atoms with van der Waals surface area (Å²) >= 11 is 2.96. The van der Waals surface area contributed by atoms with Crippen molar-refractivity contribution in [3.05, 3.63) is 40.9 Å². The van der Waals surface area contributed by atoms with Gasteiger partial charge in [0.25, 0.3) is 5.91 Å². The lowest BCUT2D eigenvalue weighted by Gasteiger charge is -2.24. The molecule has 0 aliphatic heterocycles. The minimum Gasteiger partial charge on any atom is -0.450 e. The van der Waals surface area contributed by atoms with E-state index < -0.39 is 36.0 Å². The van der Waals surface area contributed by atoms with Crippen LogP contribution in [0.25, 0.3) is 0 Å². The molecule has 0 aliphatic rings. The van der Waals surface area contributed by atoms with E-state index in [0.717, 1.165) is 0 Å². The molecule has 204 valence electrons. The third kappa shape index (κ3) is 12.9. The maximum absolute atomic E-state index is 12.7. The lowest BCUT2D eigenvalue weighted by molar-refractivity contribution is -0.132. The van der Waals surface area contributed by atoms with E-state index in [1.54, 1.807) is 38.1 Å². The number of benzene rings is 1. The molecule has 0 saturated heterocycles. The summed E-state index contributed by atoms with van der Waals surface area (Å²) in [5, 5.41) is 19.0. The number of carboxylic acid groups (broad SMARTS) is 1. The molecule has 1 rings (SSSR count). The van der Waals surface area contributed by atoms with E-state index in [0.29, 0.717) is 11.3 Å². The molecule has 0 aliphatic carbocycles. The highest BCUT2D eigenvalue weighted by Gasteiger charge is 2.27. The van der Waals surface area contributed by atoms with Crippen molar-refractivity contribution in [3.63, 3.8) is 0 Å². The van der Waals surface area contributed by atoms with Gasteiger partial charge in [0.15, 0.2) is 0 Å². The minimum atomic E-state index is -1.38. The lowest BCUT2D eigenvalue weighted by atomic mass is 10.0. The quantitative estimate of drug-likeness (QED) is 0.118. The Morgan fingerprint density at radius 2 is 1.65 bits per heavy atom. The first-order valence-corrected chi connectivity index (χ1v) is 12.3. The molecule has 0 spiro atoms. The van der Waals surface area contributed by atoms with Gasteiger partial charge in [0, 0.05) is 18.7 Å². The Morgan fingerprint density at radius 1 is 1.00 bits per heavy atom. The van der Waals surface area contributed by atoms with Crippen molar-refractivity contribution in [1.29, 1.82) is 0 Å². The van der Waals surface area contributed by atoms with Crippen LogP contribution in [0, 0.1) is 5.92 Å². The number of anilines is 1. The summed E-state index contributed by atoms with van der Waals surface area (Å²) in [4.78, 5) is 59.3. The van der Waals surface area contributed by atoms with Gasteiger partial charge in [-0.3, -0.25) is 19.2 Å². The highest BCUT2D eigenvalue weighted by molar-refractivity contribution is 9.12. The van der Waals surface area contributed by atoms with Crippen molar-refractivity contribution in [1.82, 2.24) is 16.0 Å². The standard InChI is InChI=1S/C24H33BrN4O8/c1-14(2)20(29-19(30)9-11-36-12-10-26-21(31)15(3)25)23(33)27-16(4)22(32)28-18-7-5-17(6-8-18)13-37-24(34)35/h5-8,14,16,20H,3,9-13H2,1-2,4H3,(H,26,31)(H,27,33)(H,28,32)(H,29,30)(H,34,35)/t16-,20-/m0/s1. The van der Waals surface area contributed by atoms with Crippen LogP contribution in [0.15, 0.2) is 35.3 Å². The second-order valence-electron chi connectivity index (χ2n) is 8.28. The number of rotatable bonds is 15. The Bertz CT molecular complexity index is 968. The molecule has 0 heterocycles. The first-order chi connectivity index (χ1) is 17.4.